The molecule has 1 saturated carbocycles. The molecular formula is C15H27NO5. The van der Waals surface area contributed by atoms with Crippen LogP contribution in [-0.2, 0) is 14.3 Å². The van der Waals surface area contributed by atoms with Gasteiger partial charge in [-0.1, -0.05) is 19.3 Å². The van der Waals surface area contributed by atoms with Gasteiger partial charge in [-0.15, -0.1) is 0 Å². The number of aliphatic carboxylic acids is 1. The van der Waals surface area contributed by atoms with Crippen LogP contribution in [0.3, 0.4) is 0 Å². The summed E-state index contributed by atoms with van der Waals surface area (Å²) in [4.78, 5) is 23.0. The normalized spacial score (nSPS) is 17.4. The molecule has 1 amide bonds. The van der Waals surface area contributed by atoms with Crippen LogP contribution in [0.25, 0.3) is 0 Å². The van der Waals surface area contributed by atoms with E-state index < -0.39 is 5.97 Å². The molecule has 0 radical (unpaired) electrons. The van der Waals surface area contributed by atoms with Crippen molar-refractivity contribution < 1.29 is 24.5 Å². The van der Waals surface area contributed by atoms with Gasteiger partial charge in [0, 0.05) is 19.6 Å². The van der Waals surface area contributed by atoms with E-state index in [0.717, 1.165) is 32.1 Å². The Morgan fingerprint density at radius 3 is 2.43 bits per heavy atom. The standard InChI is InChI=1S/C15H27NO5/c17-8-10-21-9-4-7-16-13(18)11-15(12-14(19)20)5-2-1-3-6-15/h17H,1-12H2,(H,16,18)(H,19,20). The van der Waals surface area contributed by atoms with Crippen LogP contribution in [0, 0.1) is 5.41 Å². The molecular weight excluding hydrogens is 274 g/mol. The number of carbonyl (C=O) groups is 2. The van der Waals surface area contributed by atoms with Crippen molar-refractivity contribution in [2.24, 2.45) is 5.41 Å². The monoisotopic (exact) mass is 301 g/mol. The molecule has 6 heteroatoms. The van der Waals surface area contributed by atoms with E-state index in [1.807, 2.05) is 0 Å². The minimum absolute atomic E-state index is 0.00404. The highest BCUT2D eigenvalue weighted by Crippen LogP contribution is 2.42. The third-order valence-electron chi connectivity index (χ3n) is 4.00. The average Bonchev–Trinajstić information content (AvgIpc) is 2.42. The molecule has 0 unspecified atom stereocenters. The third kappa shape index (κ3) is 7.43. The van der Waals surface area contributed by atoms with Crippen molar-refractivity contribution >= 4 is 11.9 Å². The molecule has 0 aromatic heterocycles. The first-order valence-corrected chi connectivity index (χ1v) is 7.75. The van der Waals surface area contributed by atoms with Gasteiger partial charge in [-0.3, -0.25) is 9.59 Å². The fourth-order valence-electron chi connectivity index (χ4n) is 3.01. The Hall–Kier alpha value is -1.14. The number of aliphatic hydroxyl groups is 1. The van der Waals surface area contributed by atoms with Gasteiger partial charge in [0.05, 0.1) is 19.6 Å². The number of hydrogen-bond donors (Lipinski definition) is 3. The second-order valence-corrected chi connectivity index (χ2v) is 5.85. The first-order valence-electron chi connectivity index (χ1n) is 7.75. The Morgan fingerprint density at radius 2 is 1.81 bits per heavy atom. The van der Waals surface area contributed by atoms with Gasteiger partial charge < -0.3 is 20.3 Å². The summed E-state index contributed by atoms with van der Waals surface area (Å²) in [5.41, 5.74) is -0.360. The molecule has 0 bridgehead atoms. The zero-order valence-corrected chi connectivity index (χ0v) is 12.6. The first kappa shape index (κ1) is 17.9. The zero-order valence-electron chi connectivity index (χ0n) is 12.6. The Bertz CT molecular complexity index is 326. The van der Waals surface area contributed by atoms with Gasteiger partial charge in [0.2, 0.25) is 5.91 Å². The molecule has 0 heterocycles. The second kappa shape index (κ2) is 9.73. The molecule has 0 saturated heterocycles. The number of nitrogens with one attached hydrogen (secondary N) is 1. The van der Waals surface area contributed by atoms with Gasteiger partial charge >= 0.3 is 5.97 Å². The van der Waals surface area contributed by atoms with Crippen molar-refractivity contribution in [1.82, 2.24) is 5.32 Å². The van der Waals surface area contributed by atoms with Gasteiger partial charge in [-0.25, -0.2) is 0 Å². The van der Waals surface area contributed by atoms with E-state index in [9.17, 15) is 9.59 Å². The maximum atomic E-state index is 12.0. The van der Waals surface area contributed by atoms with Gasteiger partial charge in [0.25, 0.3) is 0 Å². The quantitative estimate of drug-likeness (QED) is 0.529. The van der Waals surface area contributed by atoms with Gasteiger partial charge in [-0.05, 0) is 24.7 Å². The number of hydrogen-bond acceptors (Lipinski definition) is 4. The molecule has 122 valence electrons. The number of aliphatic hydroxyl groups excluding tert-OH is 1. The minimum Gasteiger partial charge on any atom is -0.481 e. The van der Waals surface area contributed by atoms with Crippen LogP contribution in [0.1, 0.15) is 51.4 Å². The highest BCUT2D eigenvalue weighted by molar-refractivity contribution is 5.78. The number of amides is 1. The summed E-state index contributed by atoms with van der Waals surface area (Å²) in [6.07, 6.45) is 5.88. The zero-order chi connectivity index (χ0) is 15.6. The molecule has 0 spiro atoms. The average molecular weight is 301 g/mol. The SMILES string of the molecule is O=C(O)CC1(CC(=O)NCCCOCCO)CCCCC1. The number of rotatable bonds is 10. The van der Waals surface area contributed by atoms with Crippen molar-refractivity contribution in [3.05, 3.63) is 0 Å². The van der Waals surface area contributed by atoms with Crippen LogP contribution in [0.4, 0.5) is 0 Å². The topological polar surface area (TPSA) is 95.9 Å². The molecule has 1 aliphatic carbocycles. The summed E-state index contributed by atoms with van der Waals surface area (Å²) in [5, 5.41) is 20.5. The second-order valence-electron chi connectivity index (χ2n) is 5.85. The minimum atomic E-state index is -0.817. The van der Waals surface area contributed by atoms with E-state index in [-0.39, 0.29) is 24.3 Å². The van der Waals surface area contributed by atoms with Crippen molar-refractivity contribution in [2.75, 3.05) is 26.4 Å². The highest BCUT2D eigenvalue weighted by Gasteiger charge is 2.36. The smallest absolute Gasteiger partial charge is 0.303 e. The van der Waals surface area contributed by atoms with Crippen LogP contribution >= 0.6 is 0 Å². The van der Waals surface area contributed by atoms with Crippen LogP contribution in [0.15, 0.2) is 0 Å². The van der Waals surface area contributed by atoms with E-state index >= 15 is 0 Å². The molecule has 1 fully saturated rings. The van der Waals surface area contributed by atoms with Crippen LogP contribution < -0.4 is 5.32 Å². The van der Waals surface area contributed by atoms with Crippen LogP contribution in [-0.4, -0.2) is 48.5 Å². The van der Waals surface area contributed by atoms with E-state index in [4.69, 9.17) is 14.9 Å². The lowest BCUT2D eigenvalue weighted by Gasteiger charge is -2.35. The van der Waals surface area contributed by atoms with Gasteiger partial charge in [0.1, 0.15) is 0 Å². The predicted octanol–water partition coefficient (Wildman–Crippen LogP) is 1.32. The Labute approximate surface area is 125 Å². The molecule has 3 N–H and O–H groups in total. The molecule has 0 atom stereocenters. The van der Waals surface area contributed by atoms with Crippen molar-refractivity contribution in [1.29, 1.82) is 0 Å². The summed E-state index contributed by atoms with van der Waals surface area (Å²) in [5.74, 6) is -0.887. The molecule has 0 aromatic carbocycles. The van der Waals surface area contributed by atoms with E-state index in [1.54, 1.807) is 0 Å². The highest BCUT2D eigenvalue weighted by atomic mass is 16.5. The summed E-state index contributed by atoms with van der Waals surface area (Å²) in [6, 6.07) is 0. The fourth-order valence-corrected chi connectivity index (χ4v) is 3.01. The molecule has 21 heavy (non-hydrogen) atoms. The van der Waals surface area contributed by atoms with Crippen molar-refractivity contribution in [3.63, 3.8) is 0 Å². The lowest BCUT2D eigenvalue weighted by Crippen LogP contribution is -2.35. The van der Waals surface area contributed by atoms with E-state index in [0.29, 0.717) is 32.6 Å². The molecule has 0 aliphatic heterocycles. The predicted molar refractivity (Wildman–Crippen MR) is 77.9 cm³/mol. The van der Waals surface area contributed by atoms with Crippen LogP contribution in [0.5, 0.6) is 0 Å². The first-order chi connectivity index (χ1) is 10.1. The van der Waals surface area contributed by atoms with Gasteiger partial charge in [-0.2, -0.15) is 0 Å². The summed E-state index contributed by atoms with van der Waals surface area (Å²) >= 11 is 0. The summed E-state index contributed by atoms with van der Waals surface area (Å²) in [6.45, 7) is 1.34. The third-order valence-corrected chi connectivity index (χ3v) is 4.00. The molecule has 6 nitrogen and oxygen atoms in total. The molecule has 0 aromatic rings. The lowest BCUT2D eigenvalue weighted by atomic mass is 9.69. The fraction of sp³-hybridized carbons (Fsp3) is 0.867. The number of carboxylic acids is 1. The van der Waals surface area contributed by atoms with Crippen LogP contribution in [0.2, 0.25) is 0 Å². The van der Waals surface area contributed by atoms with Gasteiger partial charge in [0.15, 0.2) is 0 Å². The largest absolute Gasteiger partial charge is 0.481 e. The van der Waals surface area contributed by atoms with Crippen molar-refractivity contribution in [3.8, 4) is 0 Å². The number of carbonyl (C=O) groups excluding carboxylic acids is 1. The molecule has 1 rings (SSSR count). The maximum absolute atomic E-state index is 12.0. The lowest BCUT2D eigenvalue weighted by molar-refractivity contribution is -0.141. The van der Waals surface area contributed by atoms with Crippen molar-refractivity contribution in [2.45, 2.75) is 51.4 Å². The summed E-state index contributed by atoms with van der Waals surface area (Å²) in [7, 11) is 0. The Balaban J connectivity index is 2.30. The maximum Gasteiger partial charge on any atom is 0.303 e. The summed E-state index contributed by atoms with van der Waals surface area (Å²) < 4.78 is 5.11. The number of ether oxygens (including phenoxy) is 1. The Kier molecular flexibility index (Phi) is 8.30. The number of carboxylic acid groups (broad SMARTS) is 1. The van der Waals surface area contributed by atoms with E-state index in [2.05, 4.69) is 5.32 Å². The molecule has 1 aliphatic rings. The van der Waals surface area contributed by atoms with E-state index in [1.165, 1.54) is 0 Å². The Morgan fingerprint density at radius 1 is 1.10 bits per heavy atom.